The van der Waals surface area contributed by atoms with E-state index < -0.39 is 0 Å². The molecule has 21 heavy (non-hydrogen) atoms. The summed E-state index contributed by atoms with van der Waals surface area (Å²) < 4.78 is 0. The maximum atomic E-state index is 6.49. The lowest BCUT2D eigenvalue weighted by molar-refractivity contribution is 0.107. The minimum absolute atomic E-state index is 0.205. The Morgan fingerprint density at radius 1 is 1.24 bits per heavy atom. The Morgan fingerprint density at radius 3 is 2.48 bits per heavy atom. The molecule has 1 fully saturated rings. The molecular formula is C19H32N2. The Kier molecular flexibility index (Phi) is 5.83. The van der Waals surface area contributed by atoms with E-state index in [0.29, 0.717) is 12.1 Å². The Hall–Kier alpha value is -0.860. The van der Waals surface area contributed by atoms with Crippen molar-refractivity contribution in [3.8, 4) is 0 Å². The summed E-state index contributed by atoms with van der Waals surface area (Å²) in [4.78, 5) is 2.56. The van der Waals surface area contributed by atoms with E-state index in [1.165, 1.54) is 36.8 Å². The van der Waals surface area contributed by atoms with Gasteiger partial charge in [0.1, 0.15) is 0 Å². The molecule has 2 heteroatoms. The third-order valence-electron chi connectivity index (χ3n) is 5.26. The first kappa shape index (κ1) is 16.5. The highest BCUT2D eigenvalue weighted by Crippen LogP contribution is 2.33. The molecule has 0 aliphatic heterocycles. The number of benzene rings is 1. The molecule has 0 aromatic heterocycles. The minimum Gasteiger partial charge on any atom is -0.326 e. The van der Waals surface area contributed by atoms with Gasteiger partial charge in [-0.2, -0.15) is 0 Å². The van der Waals surface area contributed by atoms with Gasteiger partial charge in [-0.1, -0.05) is 43.7 Å². The monoisotopic (exact) mass is 288 g/mol. The Morgan fingerprint density at radius 2 is 1.90 bits per heavy atom. The van der Waals surface area contributed by atoms with Gasteiger partial charge in [-0.25, -0.2) is 0 Å². The average Bonchev–Trinajstić information content (AvgIpc) is 2.48. The maximum absolute atomic E-state index is 6.49. The van der Waals surface area contributed by atoms with Gasteiger partial charge in [-0.3, -0.25) is 4.90 Å². The molecule has 2 nitrogen and oxygen atoms in total. The summed E-state index contributed by atoms with van der Waals surface area (Å²) in [6.07, 6.45) is 6.37. The molecule has 0 bridgehead atoms. The van der Waals surface area contributed by atoms with Crippen LogP contribution in [-0.2, 0) is 0 Å². The van der Waals surface area contributed by atoms with Crippen LogP contribution in [0.25, 0.3) is 0 Å². The van der Waals surface area contributed by atoms with Crippen molar-refractivity contribution in [2.75, 3.05) is 7.05 Å². The van der Waals surface area contributed by atoms with E-state index in [2.05, 4.69) is 57.0 Å². The Balaban J connectivity index is 2.19. The van der Waals surface area contributed by atoms with Crippen molar-refractivity contribution in [1.29, 1.82) is 0 Å². The van der Waals surface area contributed by atoms with Crippen LogP contribution in [0.15, 0.2) is 24.3 Å². The van der Waals surface area contributed by atoms with Crippen molar-refractivity contribution < 1.29 is 0 Å². The number of hydrogen-bond acceptors (Lipinski definition) is 2. The van der Waals surface area contributed by atoms with Gasteiger partial charge in [0.15, 0.2) is 0 Å². The molecule has 1 saturated carbocycles. The first-order valence-electron chi connectivity index (χ1n) is 8.57. The van der Waals surface area contributed by atoms with Crippen molar-refractivity contribution in [1.82, 2.24) is 4.90 Å². The summed E-state index contributed by atoms with van der Waals surface area (Å²) in [7, 11) is 2.28. The lowest BCUT2D eigenvalue weighted by Gasteiger charge is -2.41. The standard InChI is InChI=1S/C19H32N2/c1-5-18(20)19(16-8-6-7-15(3)13-16)21(4)17-11-9-14(2)10-12-17/h6-8,13-14,17-19H,5,9-12,20H2,1-4H3. The summed E-state index contributed by atoms with van der Waals surface area (Å²) in [5, 5.41) is 0. The van der Waals surface area contributed by atoms with Crippen LogP contribution < -0.4 is 5.73 Å². The normalized spacial score (nSPS) is 25.8. The number of likely N-dealkylation sites (N-methyl/N-ethyl adjacent to an activating group) is 1. The first-order chi connectivity index (χ1) is 10.0. The zero-order valence-electron chi connectivity index (χ0n) is 14.2. The zero-order valence-corrected chi connectivity index (χ0v) is 14.2. The van der Waals surface area contributed by atoms with Crippen LogP contribution in [0.2, 0.25) is 0 Å². The van der Waals surface area contributed by atoms with Crippen molar-refractivity contribution in [2.45, 2.75) is 71.0 Å². The van der Waals surface area contributed by atoms with Crippen LogP contribution >= 0.6 is 0 Å². The van der Waals surface area contributed by atoms with E-state index in [4.69, 9.17) is 5.73 Å². The molecule has 2 N–H and O–H groups in total. The van der Waals surface area contributed by atoms with E-state index in [9.17, 15) is 0 Å². The van der Waals surface area contributed by atoms with E-state index in [-0.39, 0.29) is 6.04 Å². The number of hydrogen-bond donors (Lipinski definition) is 1. The molecule has 1 aliphatic rings. The summed E-state index contributed by atoms with van der Waals surface area (Å²) >= 11 is 0. The molecule has 1 aromatic rings. The first-order valence-corrected chi connectivity index (χ1v) is 8.57. The fraction of sp³-hybridized carbons (Fsp3) is 0.684. The smallest absolute Gasteiger partial charge is 0.0499 e. The van der Waals surface area contributed by atoms with Gasteiger partial charge in [-0.05, 0) is 57.6 Å². The molecule has 2 atom stereocenters. The lowest BCUT2D eigenvalue weighted by atomic mass is 9.85. The van der Waals surface area contributed by atoms with Crippen LogP contribution in [-0.4, -0.2) is 24.0 Å². The number of aryl methyl sites for hydroxylation is 1. The van der Waals surface area contributed by atoms with E-state index in [1.54, 1.807) is 0 Å². The molecule has 1 aromatic carbocycles. The number of rotatable bonds is 5. The van der Waals surface area contributed by atoms with Crippen molar-refractivity contribution in [3.05, 3.63) is 35.4 Å². The fourth-order valence-electron chi connectivity index (χ4n) is 3.74. The SMILES string of the molecule is CCC(N)C(c1cccc(C)c1)N(C)C1CCC(C)CC1. The topological polar surface area (TPSA) is 29.3 Å². The van der Waals surface area contributed by atoms with Crippen molar-refractivity contribution in [3.63, 3.8) is 0 Å². The molecule has 0 radical (unpaired) electrons. The molecule has 118 valence electrons. The summed E-state index contributed by atoms with van der Waals surface area (Å²) in [6.45, 7) is 6.75. The van der Waals surface area contributed by atoms with Crippen LogP contribution in [0, 0.1) is 12.8 Å². The highest BCUT2D eigenvalue weighted by atomic mass is 15.2. The van der Waals surface area contributed by atoms with Crippen LogP contribution in [0.4, 0.5) is 0 Å². The lowest BCUT2D eigenvalue weighted by Crippen LogP contribution is -2.45. The molecule has 2 rings (SSSR count). The van der Waals surface area contributed by atoms with Gasteiger partial charge in [0, 0.05) is 18.1 Å². The van der Waals surface area contributed by atoms with Crippen LogP contribution in [0.3, 0.4) is 0 Å². The van der Waals surface area contributed by atoms with Gasteiger partial charge < -0.3 is 5.73 Å². The Bertz CT molecular complexity index is 435. The average molecular weight is 288 g/mol. The molecule has 0 heterocycles. The molecule has 0 spiro atoms. The zero-order chi connectivity index (χ0) is 15.4. The Labute approximate surface area is 130 Å². The van der Waals surface area contributed by atoms with Crippen LogP contribution in [0.1, 0.15) is 63.1 Å². The minimum atomic E-state index is 0.205. The van der Waals surface area contributed by atoms with E-state index in [0.717, 1.165) is 12.3 Å². The van der Waals surface area contributed by atoms with Crippen molar-refractivity contribution in [2.24, 2.45) is 11.7 Å². The predicted octanol–water partition coefficient (Wildman–Crippen LogP) is 4.28. The summed E-state index contributed by atoms with van der Waals surface area (Å²) in [5.41, 5.74) is 9.20. The molecule has 0 amide bonds. The van der Waals surface area contributed by atoms with Gasteiger partial charge >= 0.3 is 0 Å². The van der Waals surface area contributed by atoms with Gasteiger partial charge in [0.2, 0.25) is 0 Å². The molecule has 2 unspecified atom stereocenters. The second-order valence-electron chi connectivity index (χ2n) is 7.01. The van der Waals surface area contributed by atoms with E-state index >= 15 is 0 Å². The quantitative estimate of drug-likeness (QED) is 0.876. The van der Waals surface area contributed by atoms with E-state index in [1.807, 2.05) is 0 Å². The highest BCUT2D eigenvalue weighted by molar-refractivity contribution is 5.26. The fourth-order valence-corrected chi connectivity index (χ4v) is 3.74. The van der Waals surface area contributed by atoms with Crippen LogP contribution in [0.5, 0.6) is 0 Å². The van der Waals surface area contributed by atoms with Gasteiger partial charge in [-0.15, -0.1) is 0 Å². The molecular weight excluding hydrogens is 256 g/mol. The molecule has 1 aliphatic carbocycles. The molecule has 0 saturated heterocycles. The predicted molar refractivity (Wildman–Crippen MR) is 91.4 cm³/mol. The highest BCUT2D eigenvalue weighted by Gasteiger charge is 2.30. The number of nitrogens with zero attached hydrogens (tertiary/aromatic N) is 1. The third kappa shape index (κ3) is 4.08. The largest absolute Gasteiger partial charge is 0.326 e. The summed E-state index contributed by atoms with van der Waals surface area (Å²) in [6, 6.07) is 10.1. The van der Waals surface area contributed by atoms with Gasteiger partial charge in [0.05, 0.1) is 0 Å². The maximum Gasteiger partial charge on any atom is 0.0499 e. The third-order valence-corrected chi connectivity index (χ3v) is 5.26. The summed E-state index contributed by atoms with van der Waals surface area (Å²) in [5.74, 6) is 0.895. The van der Waals surface area contributed by atoms with Gasteiger partial charge in [0.25, 0.3) is 0 Å². The second kappa shape index (κ2) is 7.42. The second-order valence-corrected chi connectivity index (χ2v) is 7.01. The number of nitrogens with two attached hydrogens (primary N) is 1. The van der Waals surface area contributed by atoms with Crippen molar-refractivity contribution >= 4 is 0 Å².